The number of aryl methyl sites for hydroxylation is 1. The summed E-state index contributed by atoms with van der Waals surface area (Å²) in [6.07, 6.45) is 3.06. The minimum absolute atomic E-state index is 0.0186. The molecular weight excluding hydrogens is 408 g/mol. The number of anilines is 2. The highest BCUT2D eigenvalue weighted by molar-refractivity contribution is 6.01. The van der Waals surface area contributed by atoms with Gasteiger partial charge in [-0.05, 0) is 49.6 Å². The van der Waals surface area contributed by atoms with Crippen LogP contribution in [0.1, 0.15) is 24.8 Å². The van der Waals surface area contributed by atoms with Crippen LogP contribution in [0.3, 0.4) is 0 Å². The van der Waals surface area contributed by atoms with E-state index in [1.165, 1.54) is 0 Å². The number of ether oxygens (including phenoxy) is 1. The summed E-state index contributed by atoms with van der Waals surface area (Å²) in [6, 6.07) is 11.0. The van der Waals surface area contributed by atoms with Gasteiger partial charge in [-0.3, -0.25) is 14.4 Å². The molecule has 3 amide bonds. The third-order valence-corrected chi connectivity index (χ3v) is 6.19. The number of hydrogen-bond donors (Lipinski definition) is 1. The van der Waals surface area contributed by atoms with Crippen molar-refractivity contribution in [3.8, 4) is 5.75 Å². The van der Waals surface area contributed by atoms with Crippen LogP contribution in [0.4, 0.5) is 11.5 Å². The molecule has 2 aliphatic rings. The number of hydrogen-bond acceptors (Lipinski definition) is 5. The Morgan fingerprint density at radius 3 is 2.59 bits per heavy atom. The van der Waals surface area contributed by atoms with Crippen LogP contribution in [0.25, 0.3) is 0 Å². The van der Waals surface area contributed by atoms with Gasteiger partial charge in [0, 0.05) is 38.2 Å². The summed E-state index contributed by atoms with van der Waals surface area (Å²) in [5.41, 5.74) is 1.72. The van der Waals surface area contributed by atoms with Crippen molar-refractivity contribution in [1.29, 1.82) is 0 Å². The van der Waals surface area contributed by atoms with Gasteiger partial charge in [-0.25, -0.2) is 4.98 Å². The molecule has 1 atom stereocenters. The topological polar surface area (TPSA) is 91.8 Å². The fourth-order valence-electron chi connectivity index (χ4n) is 4.41. The van der Waals surface area contributed by atoms with E-state index < -0.39 is 0 Å². The Kier molecular flexibility index (Phi) is 6.39. The maximum Gasteiger partial charge on any atom is 0.228 e. The van der Waals surface area contributed by atoms with Gasteiger partial charge in [0.1, 0.15) is 11.6 Å². The van der Waals surface area contributed by atoms with E-state index in [0.29, 0.717) is 49.7 Å². The highest BCUT2D eigenvalue weighted by atomic mass is 16.5. The molecule has 0 radical (unpaired) electrons. The summed E-state index contributed by atoms with van der Waals surface area (Å²) in [6.45, 7) is 3.32. The minimum Gasteiger partial charge on any atom is -0.495 e. The van der Waals surface area contributed by atoms with Gasteiger partial charge >= 0.3 is 0 Å². The SMILES string of the molecule is COc1ccccc1N1CC(C(=O)N2CCC(C(=O)Nc3cc(C)ccn3)CC2)CC1=O. The molecule has 2 aliphatic heterocycles. The monoisotopic (exact) mass is 436 g/mol. The van der Waals surface area contributed by atoms with E-state index >= 15 is 0 Å². The molecule has 168 valence electrons. The van der Waals surface area contributed by atoms with Crippen molar-refractivity contribution in [3.05, 3.63) is 48.2 Å². The molecule has 32 heavy (non-hydrogen) atoms. The van der Waals surface area contributed by atoms with Crippen LogP contribution in [-0.4, -0.2) is 54.3 Å². The fourth-order valence-corrected chi connectivity index (χ4v) is 4.41. The molecule has 3 heterocycles. The predicted octanol–water partition coefficient (Wildman–Crippen LogP) is 2.63. The van der Waals surface area contributed by atoms with Crippen molar-refractivity contribution >= 4 is 29.2 Å². The van der Waals surface area contributed by atoms with Crippen LogP contribution in [0, 0.1) is 18.8 Å². The highest BCUT2D eigenvalue weighted by Gasteiger charge is 2.39. The Labute approximate surface area is 187 Å². The number of nitrogens with zero attached hydrogens (tertiary/aromatic N) is 3. The standard InChI is InChI=1S/C24H28N4O4/c1-16-7-10-25-21(13-16)26-23(30)17-8-11-27(12-9-17)24(31)18-14-22(29)28(15-18)19-5-3-4-6-20(19)32-2/h3-7,10,13,17-18H,8-9,11-12,14-15H2,1-2H3,(H,25,26,30). The molecule has 2 fully saturated rings. The van der Waals surface area contributed by atoms with Gasteiger partial charge in [0.25, 0.3) is 0 Å². The van der Waals surface area contributed by atoms with Crippen LogP contribution < -0.4 is 15.0 Å². The van der Waals surface area contributed by atoms with Gasteiger partial charge in [0.05, 0.1) is 18.7 Å². The van der Waals surface area contributed by atoms with Crippen LogP contribution in [0.15, 0.2) is 42.6 Å². The van der Waals surface area contributed by atoms with E-state index in [4.69, 9.17) is 4.74 Å². The van der Waals surface area contributed by atoms with Crippen molar-refractivity contribution in [1.82, 2.24) is 9.88 Å². The first-order valence-electron chi connectivity index (χ1n) is 10.9. The third-order valence-electron chi connectivity index (χ3n) is 6.19. The molecule has 8 heteroatoms. The molecule has 1 aromatic carbocycles. The van der Waals surface area contributed by atoms with Gasteiger partial charge in [0.15, 0.2) is 0 Å². The van der Waals surface area contributed by atoms with Crippen molar-refractivity contribution in [3.63, 3.8) is 0 Å². The predicted molar refractivity (Wildman–Crippen MR) is 120 cm³/mol. The normalized spacial score (nSPS) is 19.2. The molecule has 2 aromatic rings. The van der Waals surface area contributed by atoms with Crippen LogP contribution in [0.2, 0.25) is 0 Å². The quantitative estimate of drug-likeness (QED) is 0.778. The minimum atomic E-state index is -0.380. The van der Waals surface area contributed by atoms with Crippen LogP contribution in [-0.2, 0) is 14.4 Å². The van der Waals surface area contributed by atoms with Gasteiger partial charge in [-0.2, -0.15) is 0 Å². The second-order valence-electron chi connectivity index (χ2n) is 8.38. The maximum atomic E-state index is 13.1. The lowest BCUT2D eigenvalue weighted by atomic mass is 9.94. The molecule has 1 N–H and O–H groups in total. The molecule has 0 spiro atoms. The summed E-state index contributed by atoms with van der Waals surface area (Å²) < 4.78 is 5.37. The number of carbonyl (C=O) groups excluding carboxylic acids is 3. The van der Waals surface area contributed by atoms with Crippen LogP contribution >= 0.6 is 0 Å². The molecule has 0 bridgehead atoms. The smallest absolute Gasteiger partial charge is 0.228 e. The summed E-state index contributed by atoms with van der Waals surface area (Å²) >= 11 is 0. The summed E-state index contributed by atoms with van der Waals surface area (Å²) in [7, 11) is 1.57. The van der Waals surface area contributed by atoms with Crippen molar-refractivity contribution in [2.24, 2.45) is 11.8 Å². The first-order valence-corrected chi connectivity index (χ1v) is 10.9. The molecule has 2 saturated heterocycles. The first-order chi connectivity index (χ1) is 15.5. The number of pyridine rings is 1. The number of carbonyl (C=O) groups is 3. The number of likely N-dealkylation sites (tertiary alicyclic amines) is 1. The Hall–Kier alpha value is -3.42. The van der Waals surface area contributed by atoms with Gasteiger partial charge in [-0.15, -0.1) is 0 Å². The van der Waals surface area contributed by atoms with E-state index in [0.717, 1.165) is 5.56 Å². The highest BCUT2D eigenvalue weighted by Crippen LogP contribution is 2.33. The average Bonchev–Trinajstić information content (AvgIpc) is 3.20. The van der Waals surface area contributed by atoms with Crippen molar-refractivity contribution < 1.29 is 19.1 Å². The number of piperidine rings is 1. The van der Waals surface area contributed by atoms with E-state index in [-0.39, 0.29) is 36.0 Å². The molecule has 0 saturated carbocycles. The second kappa shape index (κ2) is 9.38. The maximum absolute atomic E-state index is 13.1. The number of para-hydroxylation sites is 2. The zero-order valence-corrected chi connectivity index (χ0v) is 18.4. The van der Waals surface area contributed by atoms with E-state index in [1.807, 2.05) is 37.3 Å². The summed E-state index contributed by atoms with van der Waals surface area (Å²) in [5, 5.41) is 2.88. The summed E-state index contributed by atoms with van der Waals surface area (Å²) in [5.74, 6) is 0.473. The zero-order valence-electron chi connectivity index (χ0n) is 18.4. The Morgan fingerprint density at radius 1 is 1.12 bits per heavy atom. The lowest BCUT2D eigenvalue weighted by molar-refractivity contribution is -0.138. The number of methoxy groups -OCH3 is 1. The van der Waals surface area contributed by atoms with E-state index in [9.17, 15) is 14.4 Å². The molecule has 8 nitrogen and oxygen atoms in total. The number of nitrogens with one attached hydrogen (secondary N) is 1. The summed E-state index contributed by atoms with van der Waals surface area (Å²) in [4.78, 5) is 45.9. The molecule has 0 aliphatic carbocycles. The van der Waals surface area contributed by atoms with E-state index in [2.05, 4.69) is 10.3 Å². The fraction of sp³-hybridized carbons (Fsp3) is 0.417. The molecule has 1 unspecified atom stereocenters. The van der Waals surface area contributed by atoms with Crippen LogP contribution in [0.5, 0.6) is 5.75 Å². The van der Waals surface area contributed by atoms with Gasteiger partial charge in [-0.1, -0.05) is 12.1 Å². The first kappa shape index (κ1) is 21.8. The molecule has 4 rings (SSSR count). The van der Waals surface area contributed by atoms with Gasteiger partial charge in [0.2, 0.25) is 17.7 Å². The largest absolute Gasteiger partial charge is 0.495 e. The number of aromatic nitrogens is 1. The average molecular weight is 437 g/mol. The van der Waals surface area contributed by atoms with Crippen molar-refractivity contribution in [2.45, 2.75) is 26.2 Å². The number of rotatable bonds is 5. The van der Waals surface area contributed by atoms with Crippen molar-refractivity contribution in [2.75, 3.05) is 37.0 Å². The third kappa shape index (κ3) is 4.59. The second-order valence-corrected chi connectivity index (χ2v) is 8.38. The molecule has 1 aromatic heterocycles. The number of amides is 3. The zero-order chi connectivity index (χ0) is 22.7. The lowest BCUT2D eigenvalue weighted by Gasteiger charge is -2.32. The van der Waals surface area contributed by atoms with Gasteiger partial charge < -0.3 is 19.9 Å². The van der Waals surface area contributed by atoms with E-state index in [1.54, 1.807) is 29.2 Å². The lowest BCUT2D eigenvalue weighted by Crippen LogP contribution is -2.44. The Balaban J connectivity index is 1.32. The molecular formula is C24H28N4O4. The Morgan fingerprint density at radius 2 is 1.88 bits per heavy atom. The number of benzene rings is 1. The Bertz CT molecular complexity index is 1020.